The number of amides is 2. The Morgan fingerprint density at radius 3 is 2.54 bits per heavy atom. The lowest BCUT2D eigenvalue weighted by molar-refractivity contribution is -0.384. The van der Waals surface area contributed by atoms with Crippen LogP contribution in [0.2, 0.25) is 0 Å². The van der Waals surface area contributed by atoms with E-state index >= 15 is 0 Å². The minimum atomic E-state index is -0.699. The molecule has 3 aromatic rings. The van der Waals surface area contributed by atoms with Gasteiger partial charge in [0.2, 0.25) is 6.79 Å². The van der Waals surface area contributed by atoms with Crippen molar-refractivity contribution >= 4 is 45.7 Å². The summed E-state index contributed by atoms with van der Waals surface area (Å²) in [5.74, 6) is -0.104. The van der Waals surface area contributed by atoms with Crippen LogP contribution in [0.5, 0.6) is 11.5 Å². The van der Waals surface area contributed by atoms with Gasteiger partial charge in [-0.25, -0.2) is 5.43 Å². The van der Waals surface area contributed by atoms with Gasteiger partial charge in [0, 0.05) is 27.7 Å². The van der Waals surface area contributed by atoms with E-state index < -0.39 is 16.7 Å². The molecule has 35 heavy (non-hydrogen) atoms. The van der Waals surface area contributed by atoms with E-state index in [-0.39, 0.29) is 18.2 Å². The van der Waals surface area contributed by atoms with E-state index in [1.807, 2.05) is 0 Å². The number of carbonyl (C=O) groups excluding carboxylic acids is 2. The van der Waals surface area contributed by atoms with Crippen molar-refractivity contribution in [2.24, 2.45) is 5.10 Å². The summed E-state index contributed by atoms with van der Waals surface area (Å²) in [5, 5.41) is 17.4. The lowest BCUT2D eigenvalue weighted by Crippen LogP contribution is -2.32. The molecule has 0 unspecified atom stereocenters. The van der Waals surface area contributed by atoms with E-state index in [9.17, 15) is 19.7 Å². The maximum Gasteiger partial charge on any atom is 0.287 e. The number of nitro groups is 1. The maximum absolute atomic E-state index is 12.9. The molecule has 2 amide bonds. The standard InChI is InChI=1S/C24H17BrN4O6/c25-18-7-5-17(6-8-18)23(30)27-20(11-15-4-9-21-22(12-15)35-14-34-21)24(31)28-26-13-16-2-1-3-19(10-16)29(32)33/h1-13H,14H2,(H,27,30)(H,28,31)/b20-11-,26-13+. The molecule has 1 heterocycles. The number of ether oxygens (including phenoxy) is 2. The Bertz CT molecular complexity index is 1350. The molecule has 0 saturated carbocycles. The van der Waals surface area contributed by atoms with E-state index in [2.05, 4.69) is 31.8 Å². The second kappa shape index (κ2) is 10.6. The summed E-state index contributed by atoms with van der Waals surface area (Å²) in [5.41, 5.74) is 3.49. The predicted octanol–water partition coefficient (Wildman–Crippen LogP) is 4.01. The van der Waals surface area contributed by atoms with Gasteiger partial charge in [-0.1, -0.05) is 34.1 Å². The third-order valence-corrected chi connectivity index (χ3v) is 5.30. The molecule has 10 nitrogen and oxygen atoms in total. The molecule has 0 spiro atoms. The highest BCUT2D eigenvalue weighted by Gasteiger charge is 2.17. The van der Waals surface area contributed by atoms with E-state index in [1.54, 1.807) is 48.5 Å². The van der Waals surface area contributed by atoms with Gasteiger partial charge >= 0.3 is 0 Å². The van der Waals surface area contributed by atoms with Crippen molar-refractivity contribution in [1.29, 1.82) is 0 Å². The van der Waals surface area contributed by atoms with Crippen molar-refractivity contribution in [3.63, 3.8) is 0 Å². The van der Waals surface area contributed by atoms with Crippen LogP contribution < -0.4 is 20.2 Å². The number of non-ortho nitro benzene ring substituents is 1. The molecule has 0 bridgehead atoms. The average Bonchev–Trinajstić information content (AvgIpc) is 3.32. The topological polar surface area (TPSA) is 132 Å². The molecule has 2 N–H and O–H groups in total. The molecule has 0 saturated heterocycles. The first kappa shape index (κ1) is 23.6. The van der Waals surface area contributed by atoms with Gasteiger partial charge in [0.1, 0.15) is 5.70 Å². The zero-order chi connectivity index (χ0) is 24.8. The molecule has 1 aliphatic rings. The fraction of sp³-hybridized carbons (Fsp3) is 0.0417. The van der Waals surface area contributed by atoms with E-state index in [1.165, 1.54) is 30.5 Å². The molecule has 3 aromatic carbocycles. The Morgan fingerprint density at radius 2 is 1.77 bits per heavy atom. The van der Waals surface area contributed by atoms with Crippen molar-refractivity contribution in [1.82, 2.24) is 10.7 Å². The van der Waals surface area contributed by atoms with Crippen molar-refractivity contribution in [2.75, 3.05) is 6.79 Å². The molecular formula is C24H17BrN4O6. The Labute approximate surface area is 207 Å². The summed E-state index contributed by atoms with van der Waals surface area (Å²) in [7, 11) is 0. The summed E-state index contributed by atoms with van der Waals surface area (Å²) in [6, 6.07) is 17.5. The van der Waals surface area contributed by atoms with Crippen LogP contribution in [0.25, 0.3) is 6.08 Å². The van der Waals surface area contributed by atoms with E-state index in [4.69, 9.17) is 9.47 Å². The Balaban J connectivity index is 1.56. The van der Waals surface area contributed by atoms with Gasteiger partial charge in [0.05, 0.1) is 11.1 Å². The molecule has 0 aromatic heterocycles. The quantitative estimate of drug-likeness (QED) is 0.203. The molecule has 0 fully saturated rings. The molecule has 0 atom stereocenters. The number of nitrogens with one attached hydrogen (secondary N) is 2. The summed E-state index contributed by atoms with van der Waals surface area (Å²) >= 11 is 3.31. The first-order valence-electron chi connectivity index (χ1n) is 10.2. The van der Waals surface area contributed by atoms with Crippen LogP contribution in [0.15, 0.2) is 82.0 Å². The van der Waals surface area contributed by atoms with Crippen LogP contribution >= 0.6 is 15.9 Å². The smallest absolute Gasteiger partial charge is 0.287 e. The number of nitrogens with zero attached hydrogens (tertiary/aromatic N) is 2. The first-order chi connectivity index (χ1) is 16.9. The number of halogens is 1. The SMILES string of the molecule is O=C(N/N=C/c1cccc([N+](=O)[O-])c1)/C(=C/c1ccc2c(c1)OCO2)NC(=O)c1ccc(Br)cc1. The highest BCUT2D eigenvalue weighted by molar-refractivity contribution is 9.10. The molecule has 0 radical (unpaired) electrons. The largest absolute Gasteiger partial charge is 0.454 e. The summed E-state index contributed by atoms with van der Waals surface area (Å²) in [4.78, 5) is 36.0. The maximum atomic E-state index is 12.9. The second-order valence-electron chi connectivity index (χ2n) is 7.18. The van der Waals surface area contributed by atoms with Crippen LogP contribution in [0.4, 0.5) is 5.69 Å². The predicted molar refractivity (Wildman–Crippen MR) is 131 cm³/mol. The molecule has 4 rings (SSSR count). The van der Waals surface area contributed by atoms with Crippen molar-refractivity contribution in [2.45, 2.75) is 0 Å². The first-order valence-corrected chi connectivity index (χ1v) is 10.9. The van der Waals surface area contributed by atoms with Crippen LogP contribution in [-0.2, 0) is 4.79 Å². The third kappa shape index (κ3) is 6.09. The summed E-state index contributed by atoms with van der Waals surface area (Å²) < 4.78 is 11.5. The van der Waals surface area contributed by atoms with Gasteiger partial charge in [0.25, 0.3) is 17.5 Å². The molecular weight excluding hydrogens is 520 g/mol. The number of hydrazone groups is 1. The lowest BCUT2D eigenvalue weighted by atomic mass is 10.1. The number of benzene rings is 3. The lowest BCUT2D eigenvalue weighted by Gasteiger charge is -2.09. The van der Waals surface area contributed by atoms with Gasteiger partial charge in [-0.05, 0) is 48.0 Å². The van der Waals surface area contributed by atoms with Gasteiger partial charge in [-0.15, -0.1) is 0 Å². The number of nitro benzene ring substituents is 1. The molecule has 176 valence electrons. The van der Waals surface area contributed by atoms with E-state index in [0.29, 0.717) is 28.2 Å². The monoisotopic (exact) mass is 536 g/mol. The van der Waals surface area contributed by atoms with Crippen molar-refractivity contribution in [3.05, 3.63) is 104 Å². The van der Waals surface area contributed by atoms with E-state index in [0.717, 1.165) is 4.47 Å². The fourth-order valence-electron chi connectivity index (χ4n) is 3.07. The second-order valence-corrected chi connectivity index (χ2v) is 8.10. The number of hydrogen-bond donors (Lipinski definition) is 2. The number of fused-ring (bicyclic) bond motifs is 1. The molecule has 0 aliphatic carbocycles. The number of rotatable bonds is 7. The van der Waals surface area contributed by atoms with Gasteiger partial charge in [-0.3, -0.25) is 19.7 Å². The zero-order valence-corrected chi connectivity index (χ0v) is 19.5. The minimum absolute atomic E-state index is 0.0759. The Morgan fingerprint density at radius 1 is 1.00 bits per heavy atom. The molecule has 1 aliphatic heterocycles. The van der Waals surface area contributed by atoms with Crippen molar-refractivity contribution in [3.8, 4) is 11.5 Å². The Kier molecular flexibility index (Phi) is 7.17. The van der Waals surface area contributed by atoms with Gasteiger partial charge in [0.15, 0.2) is 11.5 Å². The highest BCUT2D eigenvalue weighted by atomic mass is 79.9. The summed E-state index contributed by atoms with van der Waals surface area (Å²) in [6.45, 7) is 0.0997. The number of hydrogen-bond acceptors (Lipinski definition) is 7. The highest BCUT2D eigenvalue weighted by Crippen LogP contribution is 2.33. The molecule has 11 heteroatoms. The van der Waals surface area contributed by atoms with Crippen LogP contribution in [0, 0.1) is 10.1 Å². The summed E-state index contributed by atoms with van der Waals surface area (Å²) in [6.07, 6.45) is 2.73. The average molecular weight is 537 g/mol. The van der Waals surface area contributed by atoms with Gasteiger partial charge in [-0.2, -0.15) is 5.10 Å². The Hall–Kier alpha value is -4.51. The van der Waals surface area contributed by atoms with Crippen LogP contribution in [-0.4, -0.2) is 29.7 Å². The van der Waals surface area contributed by atoms with Crippen LogP contribution in [0.3, 0.4) is 0 Å². The zero-order valence-electron chi connectivity index (χ0n) is 17.9. The third-order valence-electron chi connectivity index (χ3n) is 4.77. The van der Waals surface area contributed by atoms with Crippen molar-refractivity contribution < 1.29 is 24.0 Å². The van der Waals surface area contributed by atoms with Crippen LogP contribution in [0.1, 0.15) is 21.5 Å². The minimum Gasteiger partial charge on any atom is -0.454 e. The fourth-order valence-corrected chi connectivity index (χ4v) is 3.33. The van der Waals surface area contributed by atoms with Gasteiger partial charge < -0.3 is 14.8 Å². The number of carbonyl (C=O) groups is 2. The normalized spacial score (nSPS) is 12.4.